The van der Waals surface area contributed by atoms with Crippen molar-refractivity contribution >= 4 is 18.0 Å². The molecule has 1 fully saturated rings. The molecule has 0 aromatic heterocycles. The van der Waals surface area contributed by atoms with Crippen LogP contribution >= 0.6 is 0 Å². The largest absolute Gasteiger partial charge is 0.508 e. The second kappa shape index (κ2) is 9.93. The summed E-state index contributed by atoms with van der Waals surface area (Å²) in [6, 6.07) is 17.9. The summed E-state index contributed by atoms with van der Waals surface area (Å²) >= 11 is 0. The van der Waals surface area contributed by atoms with Crippen LogP contribution in [0.4, 0.5) is 4.79 Å². The number of hydrogen-bond acceptors (Lipinski definition) is 6. The fourth-order valence-corrected chi connectivity index (χ4v) is 3.62. The third-order valence-corrected chi connectivity index (χ3v) is 5.23. The van der Waals surface area contributed by atoms with Gasteiger partial charge >= 0.3 is 12.1 Å². The zero-order valence-electron chi connectivity index (χ0n) is 17.5. The van der Waals surface area contributed by atoms with Crippen LogP contribution in [0.1, 0.15) is 18.1 Å². The van der Waals surface area contributed by atoms with Crippen molar-refractivity contribution in [2.75, 3.05) is 7.11 Å². The molecule has 1 aliphatic rings. The van der Waals surface area contributed by atoms with E-state index in [0.29, 0.717) is 6.54 Å². The summed E-state index contributed by atoms with van der Waals surface area (Å²) in [7, 11) is 1.26. The van der Waals surface area contributed by atoms with Crippen molar-refractivity contribution in [2.24, 2.45) is 5.92 Å². The van der Waals surface area contributed by atoms with Gasteiger partial charge in [-0.2, -0.15) is 0 Å². The van der Waals surface area contributed by atoms with Crippen molar-refractivity contribution in [3.63, 3.8) is 0 Å². The molecule has 0 saturated carbocycles. The lowest BCUT2D eigenvalue weighted by Crippen LogP contribution is -2.65. The van der Waals surface area contributed by atoms with Gasteiger partial charge in [-0.05, 0) is 18.1 Å². The summed E-state index contributed by atoms with van der Waals surface area (Å²) in [5.41, 5.74) is 1.86. The Bertz CT molecular complexity index is 943. The molecule has 3 unspecified atom stereocenters. The first-order chi connectivity index (χ1) is 14.9. The first-order valence-electron chi connectivity index (χ1n) is 9.91. The van der Waals surface area contributed by atoms with E-state index >= 15 is 0 Å². The second-order valence-electron chi connectivity index (χ2n) is 7.29. The van der Waals surface area contributed by atoms with Gasteiger partial charge in [0, 0.05) is 6.54 Å². The minimum Gasteiger partial charge on any atom is -0.466 e. The van der Waals surface area contributed by atoms with Crippen LogP contribution in [0.25, 0.3) is 0 Å². The number of hydrogen-bond donors (Lipinski definition) is 0. The van der Waals surface area contributed by atoms with Gasteiger partial charge in [-0.25, -0.2) is 9.59 Å². The maximum Gasteiger partial charge on any atom is 0.508 e. The Hall–Kier alpha value is -3.61. The molecular formula is C24H25NO6. The van der Waals surface area contributed by atoms with Crippen molar-refractivity contribution in [3.05, 3.63) is 83.9 Å². The molecule has 3 atom stereocenters. The van der Waals surface area contributed by atoms with Crippen LogP contribution in [-0.2, 0) is 37.0 Å². The molecule has 7 nitrogen and oxygen atoms in total. The van der Waals surface area contributed by atoms with Gasteiger partial charge in [0.2, 0.25) is 5.91 Å². The number of rotatable bonds is 8. The predicted molar refractivity (Wildman–Crippen MR) is 113 cm³/mol. The minimum atomic E-state index is -0.881. The molecule has 1 heterocycles. The summed E-state index contributed by atoms with van der Waals surface area (Å²) in [4.78, 5) is 38.7. The molecule has 0 bridgehead atoms. The van der Waals surface area contributed by atoms with Crippen LogP contribution in [0.5, 0.6) is 0 Å². The van der Waals surface area contributed by atoms with Gasteiger partial charge in [0.25, 0.3) is 0 Å². The molecule has 1 saturated heterocycles. The standard InChI is InChI=1S/C24H25NO6/c1-16(23(27)29-3)21-20(22(26)25(21)14-18-10-6-4-7-11-18)17(2)31-24(28)30-15-19-12-8-5-9-13-19/h4-13,17,20-21H,1,14-15H2,2-3H3. The topological polar surface area (TPSA) is 82.1 Å². The zero-order valence-corrected chi connectivity index (χ0v) is 17.5. The number of methoxy groups -OCH3 is 1. The second-order valence-corrected chi connectivity index (χ2v) is 7.29. The third-order valence-electron chi connectivity index (χ3n) is 5.23. The highest BCUT2D eigenvalue weighted by Gasteiger charge is 2.53. The van der Waals surface area contributed by atoms with E-state index < -0.39 is 30.2 Å². The molecule has 7 heteroatoms. The number of β-lactam (4-membered cyclic amide) rings is 1. The van der Waals surface area contributed by atoms with E-state index in [1.807, 2.05) is 60.7 Å². The van der Waals surface area contributed by atoms with E-state index in [9.17, 15) is 14.4 Å². The molecule has 31 heavy (non-hydrogen) atoms. The van der Waals surface area contributed by atoms with E-state index in [4.69, 9.17) is 14.2 Å². The van der Waals surface area contributed by atoms with Crippen LogP contribution in [0.2, 0.25) is 0 Å². The highest BCUT2D eigenvalue weighted by molar-refractivity contribution is 5.96. The Morgan fingerprint density at radius 3 is 2.19 bits per heavy atom. The average Bonchev–Trinajstić information content (AvgIpc) is 2.79. The highest BCUT2D eigenvalue weighted by atomic mass is 16.7. The number of carbonyl (C=O) groups is 3. The lowest BCUT2D eigenvalue weighted by Gasteiger charge is -2.49. The van der Waals surface area contributed by atoms with Crippen LogP contribution in [0.3, 0.4) is 0 Å². The van der Waals surface area contributed by atoms with Crippen molar-refractivity contribution in [1.29, 1.82) is 0 Å². The number of benzene rings is 2. The Labute approximate surface area is 181 Å². The Morgan fingerprint density at radius 1 is 1.03 bits per heavy atom. The lowest BCUT2D eigenvalue weighted by molar-refractivity contribution is -0.164. The summed E-state index contributed by atoms with van der Waals surface area (Å²) < 4.78 is 15.3. The van der Waals surface area contributed by atoms with Gasteiger partial charge in [0.1, 0.15) is 12.7 Å². The van der Waals surface area contributed by atoms with Gasteiger partial charge in [-0.15, -0.1) is 0 Å². The van der Waals surface area contributed by atoms with E-state index in [0.717, 1.165) is 11.1 Å². The number of esters is 1. The lowest BCUT2D eigenvalue weighted by atomic mass is 9.79. The number of carbonyl (C=O) groups excluding carboxylic acids is 3. The summed E-state index contributed by atoms with van der Waals surface area (Å²) in [5.74, 6) is -1.60. The van der Waals surface area contributed by atoms with Crippen molar-refractivity contribution in [1.82, 2.24) is 4.90 Å². The SMILES string of the molecule is C=C(C(=O)OC)C1C(C(C)OC(=O)OCc2ccccc2)C(=O)N1Cc1ccccc1. The number of likely N-dealkylation sites (tertiary alicyclic amines) is 1. The molecule has 3 rings (SSSR count). The maximum absolute atomic E-state index is 12.9. The minimum absolute atomic E-state index is 0.0590. The molecule has 1 aliphatic heterocycles. The summed E-state index contributed by atoms with van der Waals surface area (Å²) in [6.45, 7) is 5.79. The van der Waals surface area contributed by atoms with Gasteiger partial charge < -0.3 is 19.1 Å². The summed E-state index contributed by atoms with van der Waals surface area (Å²) in [5, 5.41) is 0. The number of amides is 1. The molecule has 162 valence electrons. The van der Waals surface area contributed by atoms with Crippen molar-refractivity contribution in [2.45, 2.75) is 32.2 Å². The van der Waals surface area contributed by atoms with Crippen molar-refractivity contribution < 1.29 is 28.6 Å². The molecule has 0 spiro atoms. The van der Waals surface area contributed by atoms with Crippen LogP contribution in [0.15, 0.2) is 72.8 Å². The molecule has 2 aromatic carbocycles. The first kappa shape index (κ1) is 22.1. The fourth-order valence-electron chi connectivity index (χ4n) is 3.62. The fraction of sp³-hybridized carbons (Fsp3) is 0.292. The van der Waals surface area contributed by atoms with Gasteiger partial charge in [-0.1, -0.05) is 67.2 Å². The van der Waals surface area contributed by atoms with Crippen LogP contribution < -0.4 is 0 Å². The number of nitrogens with zero attached hydrogens (tertiary/aromatic N) is 1. The van der Waals surface area contributed by atoms with E-state index in [-0.39, 0.29) is 18.1 Å². The predicted octanol–water partition coefficient (Wildman–Crippen LogP) is 3.48. The van der Waals surface area contributed by atoms with Gasteiger partial charge in [0.15, 0.2) is 0 Å². The zero-order chi connectivity index (χ0) is 22.4. The number of ether oxygens (including phenoxy) is 3. The molecular weight excluding hydrogens is 398 g/mol. The molecule has 0 radical (unpaired) electrons. The maximum atomic E-state index is 12.9. The van der Waals surface area contributed by atoms with E-state index in [1.54, 1.807) is 6.92 Å². The van der Waals surface area contributed by atoms with Crippen LogP contribution in [0, 0.1) is 5.92 Å². The summed E-state index contributed by atoms with van der Waals surface area (Å²) in [6.07, 6.45) is -1.69. The van der Waals surface area contributed by atoms with Gasteiger partial charge in [-0.3, -0.25) is 4.79 Å². The van der Waals surface area contributed by atoms with Crippen LogP contribution in [-0.4, -0.2) is 42.2 Å². The third kappa shape index (κ3) is 5.12. The Morgan fingerprint density at radius 2 is 1.61 bits per heavy atom. The molecule has 2 aromatic rings. The molecule has 1 amide bonds. The normalized spacial score (nSPS) is 18.5. The van der Waals surface area contributed by atoms with Gasteiger partial charge in [0.05, 0.1) is 24.6 Å². The average molecular weight is 423 g/mol. The molecule has 0 N–H and O–H groups in total. The quantitative estimate of drug-likeness (QED) is 0.367. The molecule has 0 aliphatic carbocycles. The first-order valence-corrected chi connectivity index (χ1v) is 9.91. The Kier molecular flexibility index (Phi) is 7.07. The van der Waals surface area contributed by atoms with E-state index in [2.05, 4.69) is 6.58 Å². The Balaban J connectivity index is 1.67. The monoisotopic (exact) mass is 423 g/mol. The smallest absolute Gasteiger partial charge is 0.466 e. The van der Waals surface area contributed by atoms with Crippen molar-refractivity contribution in [3.8, 4) is 0 Å². The van der Waals surface area contributed by atoms with E-state index in [1.165, 1.54) is 12.0 Å². The highest BCUT2D eigenvalue weighted by Crippen LogP contribution is 2.37.